The highest BCUT2D eigenvalue weighted by atomic mass is 16.2. The van der Waals surface area contributed by atoms with Gasteiger partial charge in [0.25, 0.3) is 0 Å². The second-order valence-electron chi connectivity index (χ2n) is 6.08. The fourth-order valence-electron chi connectivity index (χ4n) is 2.52. The van der Waals surface area contributed by atoms with Crippen molar-refractivity contribution in [2.45, 2.75) is 6.92 Å². The van der Waals surface area contributed by atoms with Crippen molar-refractivity contribution in [3.8, 4) is 0 Å². The minimum absolute atomic E-state index is 0.0462. The maximum absolute atomic E-state index is 12.4. The van der Waals surface area contributed by atoms with Crippen LogP contribution in [0, 0.1) is 0 Å². The van der Waals surface area contributed by atoms with Gasteiger partial charge in [-0.3, -0.25) is 14.5 Å². The van der Waals surface area contributed by atoms with Crippen molar-refractivity contribution in [2.24, 2.45) is 0 Å². The normalized spacial score (nSPS) is 16.3. The Bertz CT molecular complexity index is 573. The lowest BCUT2D eigenvalue weighted by atomic mass is 10.1. The summed E-state index contributed by atoms with van der Waals surface area (Å²) >= 11 is 0. The van der Waals surface area contributed by atoms with Gasteiger partial charge in [0, 0.05) is 46.4 Å². The van der Waals surface area contributed by atoms with Gasteiger partial charge < -0.3 is 9.80 Å². The van der Waals surface area contributed by atoms with E-state index in [1.54, 1.807) is 25.1 Å². The first-order valence-electron chi connectivity index (χ1n) is 7.92. The highest BCUT2D eigenvalue weighted by molar-refractivity contribution is 5.94. The van der Waals surface area contributed by atoms with Crippen molar-refractivity contribution in [2.75, 3.05) is 46.8 Å². The van der Waals surface area contributed by atoms with E-state index in [1.165, 1.54) is 0 Å². The number of hydrogen-bond acceptors (Lipinski definition) is 3. The smallest absolute Gasteiger partial charge is 0.246 e. The molecular weight excluding hydrogens is 290 g/mol. The number of allylic oxidation sites excluding steroid dienone is 1. The van der Waals surface area contributed by atoms with Crippen LogP contribution in [0.15, 0.2) is 36.4 Å². The molecule has 2 amide bonds. The largest absolute Gasteiger partial charge is 0.348 e. The third kappa shape index (κ3) is 4.93. The van der Waals surface area contributed by atoms with E-state index in [-0.39, 0.29) is 11.8 Å². The van der Waals surface area contributed by atoms with Gasteiger partial charge in [-0.1, -0.05) is 30.3 Å². The molecule has 5 heteroatoms. The first kappa shape index (κ1) is 17.2. The van der Waals surface area contributed by atoms with E-state index in [0.29, 0.717) is 19.6 Å². The van der Waals surface area contributed by atoms with Gasteiger partial charge in [0.2, 0.25) is 11.8 Å². The van der Waals surface area contributed by atoms with Gasteiger partial charge in [-0.2, -0.15) is 0 Å². The molecule has 1 aromatic carbocycles. The molecule has 1 fully saturated rings. The molecule has 0 spiro atoms. The van der Waals surface area contributed by atoms with Crippen LogP contribution in [0.25, 0.3) is 5.57 Å². The summed E-state index contributed by atoms with van der Waals surface area (Å²) in [5, 5.41) is 0. The Hall–Kier alpha value is -2.14. The van der Waals surface area contributed by atoms with Gasteiger partial charge >= 0.3 is 0 Å². The topological polar surface area (TPSA) is 43.9 Å². The SMILES string of the molecule is C/C(=C/C(=O)N1CCN(CC(=O)N(C)C)CC1)c1ccccc1. The molecule has 1 aliphatic rings. The summed E-state index contributed by atoms with van der Waals surface area (Å²) < 4.78 is 0. The highest BCUT2D eigenvalue weighted by Gasteiger charge is 2.21. The van der Waals surface area contributed by atoms with Crippen molar-refractivity contribution < 1.29 is 9.59 Å². The molecule has 0 aliphatic carbocycles. The van der Waals surface area contributed by atoms with E-state index >= 15 is 0 Å². The van der Waals surface area contributed by atoms with E-state index in [1.807, 2.05) is 42.2 Å². The zero-order chi connectivity index (χ0) is 16.8. The zero-order valence-electron chi connectivity index (χ0n) is 14.2. The van der Waals surface area contributed by atoms with Crippen LogP contribution in [-0.2, 0) is 9.59 Å². The first-order chi connectivity index (χ1) is 11.0. The molecule has 0 aromatic heterocycles. The molecule has 0 N–H and O–H groups in total. The highest BCUT2D eigenvalue weighted by Crippen LogP contribution is 2.14. The van der Waals surface area contributed by atoms with Crippen LogP contribution in [0.5, 0.6) is 0 Å². The van der Waals surface area contributed by atoms with Crippen LogP contribution in [0.2, 0.25) is 0 Å². The lowest BCUT2D eigenvalue weighted by Gasteiger charge is -2.34. The Morgan fingerprint density at radius 1 is 1.09 bits per heavy atom. The fourth-order valence-corrected chi connectivity index (χ4v) is 2.52. The standard InChI is InChI=1S/C18H25N3O2/c1-15(16-7-5-4-6-8-16)13-17(22)21-11-9-20(10-12-21)14-18(23)19(2)3/h4-8,13H,9-12,14H2,1-3H3/b15-13-. The number of benzene rings is 1. The van der Waals surface area contributed by atoms with Crippen LogP contribution in [0.1, 0.15) is 12.5 Å². The minimum atomic E-state index is 0.0462. The molecule has 0 radical (unpaired) electrons. The molecule has 0 unspecified atom stereocenters. The van der Waals surface area contributed by atoms with Crippen LogP contribution < -0.4 is 0 Å². The van der Waals surface area contributed by atoms with Crippen LogP contribution in [0.4, 0.5) is 0 Å². The van der Waals surface area contributed by atoms with Crippen molar-refractivity contribution >= 4 is 17.4 Å². The average Bonchev–Trinajstić information content (AvgIpc) is 2.56. The number of carbonyl (C=O) groups excluding carboxylic acids is 2. The number of piperazine rings is 1. The van der Waals surface area contributed by atoms with Crippen molar-refractivity contribution in [3.63, 3.8) is 0 Å². The van der Waals surface area contributed by atoms with E-state index < -0.39 is 0 Å². The molecule has 0 atom stereocenters. The molecule has 0 bridgehead atoms. The molecule has 5 nitrogen and oxygen atoms in total. The van der Waals surface area contributed by atoms with E-state index in [2.05, 4.69) is 4.90 Å². The average molecular weight is 315 g/mol. The quantitative estimate of drug-likeness (QED) is 0.787. The van der Waals surface area contributed by atoms with E-state index in [4.69, 9.17) is 0 Å². The third-order valence-corrected chi connectivity index (χ3v) is 4.11. The number of nitrogens with zero attached hydrogens (tertiary/aromatic N) is 3. The lowest BCUT2D eigenvalue weighted by molar-refractivity contribution is -0.131. The number of likely N-dealkylation sites (N-methyl/N-ethyl adjacent to an activating group) is 1. The summed E-state index contributed by atoms with van der Waals surface area (Å²) in [6, 6.07) is 9.91. The summed E-state index contributed by atoms with van der Waals surface area (Å²) in [6.45, 7) is 5.19. The first-order valence-corrected chi connectivity index (χ1v) is 7.92. The summed E-state index contributed by atoms with van der Waals surface area (Å²) in [5.41, 5.74) is 2.04. The second kappa shape index (κ2) is 7.92. The van der Waals surface area contributed by atoms with Gasteiger partial charge in [0.05, 0.1) is 6.54 Å². The molecule has 23 heavy (non-hydrogen) atoms. The summed E-state index contributed by atoms with van der Waals surface area (Å²) in [7, 11) is 3.53. The Balaban J connectivity index is 1.87. The van der Waals surface area contributed by atoms with Gasteiger partial charge in [-0.25, -0.2) is 0 Å². The lowest BCUT2D eigenvalue weighted by Crippen LogP contribution is -2.50. The molecular formula is C18H25N3O2. The molecule has 1 saturated heterocycles. The maximum atomic E-state index is 12.4. The monoisotopic (exact) mass is 315 g/mol. The van der Waals surface area contributed by atoms with Crippen LogP contribution in [0.3, 0.4) is 0 Å². The Kier molecular flexibility index (Phi) is 5.93. The predicted octanol–water partition coefficient (Wildman–Crippen LogP) is 1.32. The predicted molar refractivity (Wildman–Crippen MR) is 91.8 cm³/mol. The van der Waals surface area contributed by atoms with Crippen LogP contribution in [-0.4, -0.2) is 73.3 Å². The molecule has 124 valence electrons. The fraction of sp³-hybridized carbons (Fsp3) is 0.444. The Morgan fingerprint density at radius 2 is 1.70 bits per heavy atom. The number of carbonyl (C=O) groups is 2. The molecule has 1 aliphatic heterocycles. The van der Waals surface area contributed by atoms with Crippen LogP contribution >= 0.6 is 0 Å². The van der Waals surface area contributed by atoms with Gasteiger partial charge in [-0.05, 0) is 18.1 Å². The third-order valence-electron chi connectivity index (χ3n) is 4.11. The Morgan fingerprint density at radius 3 is 2.26 bits per heavy atom. The second-order valence-corrected chi connectivity index (χ2v) is 6.08. The molecule has 2 rings (SSSR count). The number of hydrogen-bond donors (Lipinski definition) is 0. The van der Waals surface area contributed by atoms with E-state index in [9.17, 15) is 9.59 Å². The minimum Gasteiger partial charge on any atom is -0.348 e. The van der Waals surface area contributed by atoms with Crippen molar-refractivity contribution in [3.05, 3.63) is 42.0 Å². The van der Waals surface area contributed by atoms with Gasteiger partial charge in [-0.15, -0.1) is 0 Å². The molecule has 1 aromatic rings. The zero-order valence-corrected chi connectivity index (χ0v) is 14.2. The van der Waals surface area contributed by atoms with Crippen molar-refractivity contribution in [1.82, 2.24) is 14.7 Å². The van der Waals surface area contributed by atoms with E-state index in [0.717, 1.165) is 24.2 Å². The maximum Gasteiger partial charge on any atom is 0.246 e. The van der Waals surface area contributed by atoms with Gasteiger partial charge in [0.15, 0.2) is 0 Å². The number of rotatable bonds is 4. The summed E-state index contributed by atoms with van der Waals surface area (Å²) in [6.07, 6.45) is 1.70. The van der Waals surface area contributed by atoms with Crippen molar-refractivity contribution in [1.29, 1.82) is 0 Å². The van der Waals surface area contributed by atoms with Gasteiger partial charge in [0.1, 0.15) is 0 Å². The molecule has 1 heterocycles. The number of amides is 2. The Labute approximate surface area is 138 Å². The molecule has 0 saturated carbocycles. The summed E-state index contributed by atoms with van der Waals surface area (Å²) in [5.74, 6) is 0.148. The summed E-state index contributed by atoms with van der Waals surface area (Å²) in [4.78, 5) is 29.6.